The molecule has 0 aliphatic heterocycles. The van der Waals surface area contributed by atoms with Crippen LogP contribution in [-0.4, -0.2) is 50.0 Å². The molecule has 0 aromatic heterocycles. The number of nitrogens with one attached hydrogen (secondary N) is 3. The highest BCUT2D eigenvalue weighted by Gasteiger charge is 2.25. The van der Waals surface area contributed by atoms with Crippen molar-refractivity contribution in [3.8, 4) is 11.5 Å². The number of nitrogens with zero attached hydrogens (tertiary/aromatic N) is 1. The molecule has 0 saturated heterocycles. The predicted molar refractivity (Wildman–Crippen MR) is 143 cm³/mol. The zero-order valence-electron chi connectivity index (χ0n) is 20.8. The van der Waals surface area contributed by atoms with Gasteiger partial charge in [0, 0.05) is 18.6 Å². The van der Waals surface area contributed by atoms with Gasteiger partial charge in [-0.3, -0.25) is 0 Å². The average molecular weight is 577 g/mol. The van der Waals surface area contributed by atoms with E-state index in [4.69, 9.17) is 19.2 Å². The molecular formula is C24H41IN4O4. The number of carbonyl (C=O) groups excluding carboxylic acids is 1. The number of hydrogen-bond donors (Lipinski definition) is 3. The van der Waals surface area contributed by atoms with E-state index >= 15 is 0 Å². The van der Waals surface area contributed by atoms with Crippen molar-refractivity contribution in [1.29, 1.82) is 0 Å². The van der Waals surface area contributed by atoms with Crippen LogP contribution < -0.4 is 25.4 Å². The number of hydrogen-bond acceptors (Lipinski definition) is 5. The Bertz CT molecular complexity index is 759. The van der Waals surface area contributed by atoms with Gasteiger partial charge in [0.15, 0.2) is 17.5 Å². The lowest BCUT2D eigenvalue weighted by Gasteiger charge is -2.31. The molecule has 188 valence electrons. The van der Waals surface area contributed by atoms with Gasteiger partial charge in [0.25, 0.3) is 0 Å². The molecule has 1 saturated carbocycles. The van der Waals surface area contributed by atoms with Gasteiger partial charge < -0.3 is 30.2 Å². The molecule has 1 fully saturated rings. The second kappa shape index (κ2) is 14.4. The first kappa shape index (κ1) is 29.1. The van der Waals surface area contributed by atoms with Gasteiger partial charge in [-0.25, -0.2) is 9.79 Å². The summed E-state index contributed by atoms with van der Waals surface area (Å²) in [6.45, 7) is 11.5. The van der Waals surface area contributed by atoms with Crippen molar-refractivity contribution in [2.75, 3.05) is 20.3 Å². The first-order chi connectivity index (χ1) is 15.2. The van der Waals surface area contributed by atoms with E-state index in [1.54, 1.807) is 7.11 Å². The van der Waals surface area contributed by atoms with Crippen molar-refractivity contribution in [2.24, 2.45) is 4.99 Å². The molecular weight excluding hydrogens is 535 g/mol. The second-order valence-electron chi connectivity index (χ2n) is 8.95. The van der Waals surface area contributed by atoms with Crippen LogP contribution >= 0.6 is 24.0 Å². The maximum absolute atomic E-state index is 12.0. The van der Waals surface area contributed by atoms with Crippen LogP contribution in [0.15, 0.2) is 23.2 Å². The van der Waals surface area contributed by atoms with Gasteiger partial charge in [-0.2, -0.15) is 0 Å². The number of methoxy groups -OCH3 is 1. The Balaban J connectivity index is 0.00000544. The summed E-state index contributed by atoms with van der Waals surface area (Å²) in [6, 6.07) is 6.36. The normalized spacial score (nSPS) is 18.5. The van der Waals surface area contributed by atoms with Crippen LogP contribution in [0.2, 0.25) is 0 Å². The van der Waals surface area contributed by atoms with Crippen molar-refractivity contribution >= 4 is 36.0 Å². The van der Waals surface area contributed by atoms with E-state index in [1.165, 1.54) is 0 Å². The highest BCUT2D eigenvalue weighted by atomic mass is 127. The van der Waals surface area contributed by atoms with Crippen LogP contribution in [0.25, 0.3) is 0 Å². The molecule has 0 spiro atoms. The molecule has 3 N–H and O–H groups in total. The summed E-state index contributed by atoms with van der Waals surface area (Å²) in [5.74, 6) is 2.25. The molecule has 1 aliphatic carbocycles. The minimum atomic E-state index is -0.479. The maximum Gasteiger partial charge on any atom is 0.407 e. The topological polar surface area (TPSA) is 93.2 Å². The molecule has 9 heteroatoms. The number of alkyl carbamates (subject to hydrolysis) is 1. The number of rotatable bonds is 8. The molecule has 0 heterocycles. The van der Waals surface area contributed by atoms with Gasteiger partial charge in [0.1, 0.15) is 5.60 Å². The molecule has 2 rings (SSSR count). The van der Waals surface area contributed by atoms with Crippen molar-refractivity contribution < 1.29 is 19.0 Å². The van der Waals surface area contributed by atoms with Crippen molar-refractivity contribution in [3.63, 3.8) is 0 Å². The summed E-state index contributed by atoms with van der Waals surface area (Å²) in [5, 5.41) is 9.85. The largest absolute Gasteiger partial charge is 0.493 e. The third kappa shape index (κ3) is 10.7. The monoisotopic (exact) mass is 576 g/mol. The quantitative estimate of drug-likeness (QED) is 0.238. The Morgan fingerprint density at radius 2 is 1.70 bits per heavy atom. The summed E-state index contributed by atoms with van der Waals surface area (Å²) < 4.78 is 16.4. The lowest BCUT2D eigenvalue weighted by molar-refractivity contribution is 0.0490. The number of benzene rings is 1. The van der Waals surface area contributed by atoms with Gasteiger partial charge in [-0.1, -0.05) is 6.07 Å². The molecule has 1 amide bonds. The van der Waals surface area contributed by atoms with E-state index in [0.29, 0.717) is 19.2 Å². The van der Waals surface area contributed by atoms with E-state index in [2.05, 4.69) is 22.9 Å². The van der Waals surface area contributed by atoms with E-state index < -0.39 is 5.60 Å². The molecule has 1 aromatic carbocycles. The average Bonchev–Trinajstić information content (AvgIpc) is 2.72. The number of halogens is 1. The predicted octanol–water partition coefficient (Wildman–Crippen LogP) is 4.60. The minimum absolute atomic E-state index is 0. The summed E-state index contributed by atoms with van der Waals surface area (Å²) >= 11 is 0. The summed E-state index contributed by atoms with van der Waals surface area (Å²) in [7, 11) is 1.64. The fraction of sp³-hybridized carbons (Fsp3) is 0.667. The van der Waals surface area contributed by atoms with E-state index in [1.807, 2.05) is 45.9 Å². The summed E-state index contributed by atoms with van der Waals surface area (Å²) in [5.41, 5.74) is 0.574. The maximum atomic E-state index is 12.0. The molecule has 0 unspecified atom stereocenters. The number of guanidine groups is 1. The first-order valence-corrected chi connectivity index (χ1v) is 11.6. The van der Waals surface area contributed by atoms with Crippen LogP contribution in [0.4, 0.5) is 4.79 Å². The number of carbonyl (C=O) groups is 1. The van der Waals surface area contributed by atoms with Crippen molar-refractivity contribution in [2.45, 2.75) is 84.5 Å². The lowest BCUT2D eigenvalue weighted by Crippen LogP contribution is -2.48. The molecule has 33 heavy (non-hydrogen) atoms. The third-order valence-electron chi connectivity index (χ3n) is 5.08. The van der Waals surface area contributed by atoms with Crippen LogP contribution in [0.5, 0.6) is 11.5 Å². The zero-order chi connectivity index (χ0) is 23.6. The molecule has 1 aliphatic rings. The number of aliphatic imine (C=N–C) groups is 1. The Labute approximate surface area is 215 Å². The van der Waals surface area contributed by atoms with Gasteiger partial charge in [0.05, 0.1) is 20.3 Å². The highest BCUT2D eigenvalue weighted by molar-refractivity contribution is 14.0. The van der Waals surface area contributed by atoms with Gasteiger partial charge in [-0.15, -0.1) is 24.0 Å². The molecule has 0 radical (unpaired) electrons. The third-order valence-corrected chi connectivity index (χ3v) is 5.08. The van der Waals surface area contributed by atoms with Gasteiger partial charge >= 0.3 is 6.09 Å². The van der Waals surface area contributed by atoms with Gasteiger partial charge in [0.2, 0.25) is 0 Å². The van der Waals surface area contributed by atoms with Crippen LogP contribution in [0.3, 0.4) is 0 Å². The fourth-order valence-electron chi connectivity index (χ4n) is 3.63. The standard InChI is InChI=1S/C24H40N4O4.HI/c1-7-25-22(26-16-17-9-14-20(30-6)21(15-17)31-8-2)27-18-10-12-19(13-11-18)28-23(29)32-24(3,4)5;/h9,14-15,18-19H,7-8,10-13,16H2,1-6H3,(H,28,29)(H2,25,26,27);1H. The molecule has 1 aromatic rings. The van der Waals surface area contributed by atoms with Crippen LogP contribution in [0, 0.1) is 0 Å². The Morgan fingerprint density at radius 3 is 2.24 bits per heavy atom. The Morgan fingerprint density at radius 1 is 1.06 bits per heavy atom. The number of ether oxygens (including phenoxy) is 3. The fourth-order valence-corrected chi connectivity index (χ4v) is 3.63. The van der Waals surface area contributed by atoms with Crippen molar-refractivity contribution in [3.05, 3.63) is 23.8 Å². The van der Waals surface area contributed by atoms with Crippen molar-refractivity contribution in [1.82, 2.24) is 16.0 Å². The smallest absolute Gasteiger partial charge is 0.407 e. The summed E-state index contributed by atoms with van der Waals surface area (Å²) in [4.78, 5) is 16.8. The van der Waals surface area contributed by atoms with E-state index in [-0.39, 0.29) is 36.1 Å². The molecule has 0 atom stereocenters. The summed E-state index contributed by atoms with van der Waals surface area (Å²) in [6.07, 6.45) is 3.40. The lowest BCUT2D eigenvalue weighted by atomic mass is 9.91. The van der Waals surface area contributed by atoms with E-state index in [0.717, 1.165) is 55.3 Å². The molecule has 8 nitrogen and oxygen atoms in total. The highest BCUT2D eigenvalue weighted by Crippen LogP contribution is 2.28. The van der Waals surface area contributed by atoms with Crippen LogP contribution in [-0.2, 0) is 11.3 Å². The van der Waals surface area contributed by atoms with Crippen LogP contribution in [0.1, 0.15) is 65.9 Å². The number of amides is 1. The van der Waals surface area contributed by atoms with Gasteiger partial charge in [-0.05, 0) is 78.0 Å². The Kier molecular flexibility index (Phi) is 12.7. The first-order valence-electron chi connectivity index (χ1n) is 11.6. The minimum Gasteiger partial charge on any atom is -0.493 e. The van der Waals surface area contributed by atoms with E-state index in [9.17, 15) is 4.79 Å². The molecule has 0 bridgehead atoms. The second-order valence-corrected chi connectivity index (χ2v) is 8.95. The zero-order valence-corrected chi connectivity index (χ0v) is 23.2. The Hall–Kier alpha value is -1.91. The SMILES string of the molecule is CCNC(=NCc1ccc(OC)c(OCC)c1)NC1CCC(NC(=O)OC(C)(C)C)CC1.I.